The van der Waals surface area contributed by atoms with Gasteiger partial charge in [0.05, 0.1) is 0 Å². The van der Waals surface area contributed by atoms with Crippen molar-refractivity contribution in [2.45, 2.75) is 57.3 Å². The summed E-state index contributed by atoms with van der Waals surface area (Å²) in [6.07, 6.45) is 2.03. The number of hydrogen-bond acceptors (Lipinski definition) is 5. The molecule has 0 saturated carbocycles. The minimum Gasteiger partial charge on any atom is -0.459 e. The van der Waals surface area contributed by atoms with Crippen LogP contribution in [0.5, 0.6) is 0 Å². The maximum atomic E-state index is 13.4. The Hall–Kier alpha value is -4.26. The molecule has 0 spiro atoms. The molecule has 7 heteroatoms. The highest BCUT2D eigenvalue weighted by Gasteiger charge is 2.47. The molecule has 0 aromatic heterocycles. The molecule has 3 aromatic carbocycles. The van der Waals surface area contributed by atoms with Crippen LogP contribution in [0, 0.1) is 0 Å². The molecule has 2 amide bonds. The lowest BCUT2D eigenvalue weighted by Crippen LogP contribution is -2.54. The van der Waals surface area contributed by atoms with E-state index in [4.69, 9.17) is 4.74 Å². The first kappa shape index (κ1) is 26.8. The Morgan fingerprint density at radius 2 is 1.39 bits per heavy atom. The molecule has 1 aliphatic heterocycles. The van der Waals surface area contributed by atoms with E-state index in [9.17, 15) is 19.2 Å². The lowest BCUT2D eigenvalue weighted by atomic mass is 10.1. The molecule has 1 unspecified atom stereocenters. The molecule has 0 bridgehead atoms. The fourth-order valence-electron chi connectivity index (χ4n) is 4.58. The van der Waals surface area contributed by atoms with Gasteiger partial charge in [0.25, 0.3) is 5.91 Å². The van der Waals surface area contributed by atoms with Crippen LogP contribution in [0.2, 0.25) is 0 Å². The molecule has 1 saturated heterocycles. The first-order chi connectivity index (χ1) is 18.5. The Kier molecular flexibility index (Phi) is 9.40. The topological polar surface area (TPSA) is 92.8 Å². The number of carbonyl (C=O) groups is 4. The Bertz CT molecular complexity index is 1230. The van der Waals surface area contributed by atoms with Gasteiger partial charge in [-0.05, 0) is 42.5 Å². The van der Waals surface area contributed by atoms with Crippen molar-refractivity contribution >= 4 is 23.6 Å². The van der Waals surface area contributed by atoms with Gasteiger partial charge in [-0.2, -0.15) is 0 Å². The number of unbranched alkanes of at least 4 members (excludes halogenated alkanes) is 2. The normalized spacial score (nSPS) is 16.7. The van der Waals surface area contributed by atoms with Gasteiger partial charge in [0, 0.05) is 18.4 Å². The van der Waals surface area contributed by atoms with Crippen LogP contribution in [-0.4, -0.2) is 40.7 Å². The second kappa shape index (κ2) is 13.3. The summed E-state index contributed by atoms with van der Waals surface area (Å²) in [5, 5.41) is 2.67. The fourth-order valence-corrected chi connectivity index (χ4v) is 4.58. The van der Waals surface area contributed by atoms with Gasteiger partial charge >= 0.3 is 5.97 Å². The molecule has 2 atom stereocenters. The number of amides is 2. The number of nitrogens with one attached hydrogen (secondary N) is 1. The van der Waals surface area contributed by atoms with E-state index >= 15 is 0 Å². The molecule has 0 radical (unpaired) electrons. The van der Waals surface area contributed by atoms with E-state index in [1.807, 2.05) is 48.5 Å². The van der Waals surface area contributed by atoms with Gasteiger partial charge in [-0.3, -0.25) is 14.4 Å². The summed E-state index contributed by atoms with van der Waals surface area (Å²) in [6, 6.07) is 26.7. The maximum Gasteiger partial charge on any atom is 0.329 e. The molecule has 1 aliphatic rings. The van der Waals surface area contributed by atoms with Gasteiger partial charge in [-0.15, -0.1) is 0 Å². The van der Waals surface area contributed by atoms with Crippen molar-refractivity contribution in [2.75, 3.05) is 0 Å². The van der Waals surface area contributed by atoms with Gasteiger partial charge in [0.15, 0.2) is 11.9 Å². The summed E-state index contributed by atoms with van der Waals surface area (Å²) in [4.78, 5) is 53.4. The molecular weight excluding hydrogens is 480 g/mol. The molecule has 1 fully saturated rings. The number of ketones is 1. The summed E-state index contributed by atoms with van der Waals surface area (Å²) in [5.74, 6) is -1.89. The molecular formula is C31H32N2O5. The van der Waals surface area contributed by atoms with Crippen molar-refractivity contribution < 1.29 is 23.9 Å². The average molecular weight is 513 g/mol. The maximum absolute atomic E-state index is 13.4. The number of carbonyl (C=O) groups excluding carboxylic acids is 4. The van der Waals surface area contributed by atoms with Crippen LogP contribution in [0.25, 0.3) is 0 Å². The van der Waals surface area contributed by atoms with Gasteiger partial charge in [-0.1, -0.05) is 85.3 Å². The quantitative estimate of drug-likeness (QED) is 0.303. The van der Waals surface area contributed by atoms with Crippen LogP contribution < -0.4 is 5.32 Å². The number of esters is 1. The predicted octanol–water partition coefficient (Wildman–Crippen LogP) is 4.46. The summed E-state index contributed by atoms with van der Waals surface area (Å²) >= 11 is 0. The average Bonchev–Trinajstić information content (AvgIpc) is 3.28. The zero-order valence-corrected chi connectivity index (χ0v) is 21.3. The summed E-state index contributed by atoms with van der Waals surface area (Å²) in [5.41, 5.74) is 2.41. The van der Waals surface area contributed by atoms with Crippen molar-refractivity contribution in [3.05, 3.63) is 108 Å². The summed E-state index contributed by atoms with van der Waals surface area (Å²) in [6.45, 7) is 0.0346. The largest absolute Gasteiger partial charge is 0.459 e. The van der Waals surface area contributed by atoms with Crippen LogP contribution in [-0.2, 0) is 32.1 Å². The highest BCUT2D eigenvalue weighted by molar-refractivity contribution is 6.03. The number of nitrogens with zero attached hydrogens (tertiary/aromatic N) is 1. The van der Waals surface area contributed by atoms with Crippen LogP contribution in [0.15, 0.2) is 91.0 Å². The van der Waals surface area contributed by atoms with Crippen LogP contribution in [0.4, 0.5) is 0 Å². The minimum atomic E-state index is -1.21. The number of Topliss-reactive ketones (excluding diaryl/α,β-unsaturated/α-hetero) is 1. The van der Waals surface area contributed by atoms with Crippen molar-refractivity contribution in [1.29, 1.82) is 0 Å². The van der Waals surface area contributed by atoms with E-state index in [1.54, 1.807) is 30.3 Å². The lowest BCUT2D eigenvalue weighted by molar-refractivity contribution is -0.156. The van der Waals surface area contributed by atoms with Crippen molar-refractivity contribution in [1.82, 2.24) is 10.2 Å². The van der Waals surface area contributed by atoms with E-state index in [2.05, 4.69) is 17.4 Å². The Balaban J connectivity index is 1.41. The van der Waals surface area contributed by atoms with E-state index < -0.39 is 29.9 Å². The van der Waals surface area contributed by atoms with E-state index in [1.165, 1.54) is 10.5 Å². The van der Waals surface area contributed by atoms with Gasteiger partial charge in [-0.25, -0.2) is 4.79 Å². The highest BCUT2D eigenvalue weighted by atomic mass is 16.5. The smallest absolute Gasteiger partial charge is 0.329 e. The fraction of sp³-hybridized carbons (Fsp3) is 0.290. The number of benzene rings is 3. The number of aryl methyl sites for hydroxylation is 1. The number of likely N-dealkylation sites (tertiary alicyclic amines) is 1. The van der Waals surface area contributed by atoms with Crippen LogP contribution in [0.3, 0.4) is 0 Å². The van der Waals surface area contributed by atoms with Crippen molar-refractivity contribution in [3.63, 3.8) is 0 Å². The SMILES string of the molecule is O=C(NC1C(=O)C[C@@H](C(=O)OCc2ccccc2)N1C(=O)CCCCCc1ccccc1)c1ccccc1. The van der Waals surface area contributed by atoms with Gasteiger partial charge < -0.3 is 15.0 Å². The zero-order chi connectivity index (χ0) is 26.7. The first-order valence-electron chi connectivity index (χ1n) is 13.0. The van der Waals surface area contributed by atoms with Gasteiger partial charge in [0.2, 0.25) is 5.91 Å². The Morgan fingerprint density at radius 1 is 0.789 bits per heavy atom. The van der Waals surface area contributed by atoms with Crippen LogP contribution >= 0.6 is 0 Å². The zero-order valence-electron chi connectivity index (χ0n) is 21.3. The first-order valence-corrected chi connectivity index (χ1v) is 13.0. The predicted molar refractivity (Wildman–Crippen MR) is 143 cm³/mol. The van der Waals surface area contributed by atoms with E-state index in [0.717, 1.165) is 24.8 Å². The molecule has 7 nitrogen and oxygen atoms in total. The number of hydrogen-bond donors (Lipinski definition) is 1. The number of ether oxygens (including phenoxy) is 1. The highest BCUT2D eigenvalue weighted by Crippen LogP contribution is 2.24. The van der Waals surface area contributed by atoms with E-state index in [0.29, 0.717) is 12.0 Å². The third-order valence-electron chi connectivity index (χ3n) is 6.60. The molecule has 1 N–H and O–H groups in total. The molecule has 1 heterocycles. The summed E-state index contributed by atoms with van der Waals surface area (Å²) in [7, 11) is 0. The lowest BCUT2D eigenvalue weighted by Gasteiger charge is -2.28. The molecule has 4 rings (SSSR count). The molecule has 196 valence electrons. The second-order valence-corrected chi connectivity index (χ2v) is 9.37. The van der Waals surface area contributed by atoms with E-state index in [-0.39, 0.29) is 25.4 Å². The molecule has 38 heavy (non-hydrogen) atoms. The monoisotopic (exact) mass is 512 g/mol. The van der Waals surface area contributed by atoms with Gasteiger partial charge in [0.1, 0.15) is 12.6 Å². The number of rotatable bonds is 11. The van der Waals surface area contributed by atoms with Crippen molar-refractivity contribution in [3.8, 4) is 0 Å². The Labute approximate surface area is 222 Å². The Morgan fingerprint density at radius 3 is 2.05 bits per heavy atom. The third-order valence-corrected chi connectivity index (χ3v) is 6.60. The third kappa shape index (κ3) is 7.16. The molecule has 3 aromatic rings. The van der Waals surface area contributed by atoms with Crippen molar-refractivity contribution in [2.24, 2.45) is 0 Å². The standard InChI is InChI=1S/C31H32N2O5/c34-27-21-26(31(37)38-22-24-16-8-2-9-17-24)33(29(27)32-30(36)25-18-10-4-11-19-25)28(35)20-12-3-7-15-23-13-5-1-6-14-23/h1-2,4-6,8-11,13-14,16-19,26,29H,3,7,12,15,20-22H2,(H,32,36)/t26-,29?/m0/s1. The minimum absolute atomic E-state index is 0.0346. The molecule has 0 aliphatic carbocycles. The van der Waals surface area contributed by atoms with Crippen LogP contribution in [0.1, 0.15) is 53.6 Å². The second-order valence-electron chi connectivity index (χ2n) is 9.37. The summed E-state index contributed by atoms with van der Waals surface area (Å²) < 4.78 is 5.47.